The topological polar surface area (TPSA) is 49.2 Å². The fraction of sp³-hybridized carbons (Fsp3) is 0.400. The third kappa shape index (κ3) is 2.09. The highest BCUT2D eigenvalue weighted by atomic mass is 19.1. The van der Waals surface area contributed by atoms with Gasteiger partial charge in [-0.2, -0.15) is 5.26 Å². The van der Waals surface area contributed by atoms with Crippen molar-refractivity contribution in [3.8, 4) is 6.07 Å². The molecule has 0 radical (unpaired) electrons. The summed E-state index contributed by atoms with van der Waals surface area (Å²) in [6.07, 6.45) is 0.356. The first-order valence-electron chi connectivity index (χ1n) is 4.78. The van der Waals surface area contributed by atoms with Crippen LogP contribution in [0, 0.1) is 23.0 Å². The predicted octanol–water partition coefficient (Wildman–Crippen LogP) is 1.09. The molecule has 16 heavy (non-hydrogen) atoms. The number of pyridine rings is 1. The van der Waals surface area contributed by atoms with Gasteiger partial charge in [0.15, 0.2) is 17.7 Å². The lowest BCUT2D eigenvalue weighted by Crippen LogP contribution is -2.42. The Morgan fingerprint density at radius 3 is 3.06 bits per heavy atom. The molecule has 84 valence electrons. The van der Waals surface area contributed by atoms with Gasteiger partial charge in [0.1, 0.15) is 5.82 Å². The molecule has 0 aliphatic carbocycles. The van der Waals surface area contributed by atoms with Gasteiger partial charge < -0.3 is 9.64 Å². The maximum Gasteiger partial charge on any atom is 0.168 e. The number of nitriles is 1. The Balaban J connectivity index is 2.20. The van der Waals surface area contributed by atoms with Crippen LogP contribution in [-0.4, -0.2) is 30.8 Å². The Morgan fingerprint density at radius 1 is 1.56 bits per heavy atom. The molecule has 1 aromatic rings. The molecule has 1 fully saturated rings. The van der Waals surface area contributed by atoms with E-state index >= 15 is 0 Å². The van der Waals surface area contributed by atoms with Crippen molar-refractivity contribution in [1.29, 1.82) is 5.26 Å². The van der Waals surface area contributed by atoms with Gasteiger partial charge in [0.25, 0.3) is 0 Å². The summed E-state index contributed by atoms with van der Waals surface area (Å²) in [6, 6.07) is 2.72. The molecule has 0 aromatic carbocycles. The minimum Gasteiger partial charge on any atom is -0.360 e. The van der Waals surface area contributed by atoms with E-state index in [2.05, 4.69) is 4.98 Å². The average Bonchev–Trinajstić information content (AvgIpc) is 2.29. The van der Waals surface area contributed by atoms with E-state index in [0.717, 1.165) is 12.3 Å². The standard InChI is InChI=1S/C10H9F2N3O/c11-7-3-9(12)10(14-5-7)15-1-2-16-8(4-13)6-15/h3,5,8H,1-2,6H2. The lowest BCUT2D eigenvalue weighted by Gasteiger charge is -2.30. The highest BCUT2D eigenvalue weighted by Crippen LogP contribution is 2.19. The fourth-order valence-corrected chi connectivity index (χ4v) is 1.56. The number of halogens is 2. The first kappa shape index (κ1) is 10.8. The lowest BCUT2D eigenvalue weighted by molar-refractivity contribution is 0.0758. The summed E-state index contributed by atoms with van der Waals surface area (Å²) in [5.41, 5.74) is 0. The molecule has 2 heterocycles. The van der Waals surface area contributed by atoms with Crippen LogP contribution in [0.1, 0.15) is 0 Å². The summed E-state index contributed by atoms with van der Waals surface area (Å²) in [6.45, 7) is 1.01. The SMILES string of the molecule is N#CC1CN(c2ncc(F)cc2F)CCO1. The van der Waals surface area contributed by atoms with Crippen LogP contribution in [0.25, 0.3) is 0 Å². The zero-order valence-electron chi connectivity index (χ0n) is 8.36. The van der Waals surface area contributed by atoms with Crippen LogP contribution in [0.3, 0.4) is 0 Å². The predicted molar refractivity (Wildman–Crippen MR) is 51.7 cm³/mol. The van der Waals surface area contributed by atoms with Gasteiger partial charge in [-0.3, -0.25) is 0 Å². The van der Waals surface area contributed by atoms with Crippen LogP contribution < -0.4 is 4.90 Å². The molecule has 1 aliphatic rings. The van der Waals surface area contributed by atoms with Crippen molar-refractivity contribution in [3.05, 3.63) is 23.9 Å². The third-order valence-corrected chi connectivity index (χ3v) is 2.30. The molecule has 1 aromatic heterocycles. The first-order chi connectivity index (χ1) is 7.70. The van der Waals surface area contributed by atoms with E-state index in [1.54, 1.807) is 4.90 Å². The minimum absolute atomic E-state index is 0.0601. The van der Waals surface area contributed by atoms with E-state index in [-0.39, 0.29) is 12.4 Å². The molecular weight excluding hydrogens is 216 g/mol. The zero-order valence-corrected chi connectivity index (χ0v) is 8.36. The maximum absolute atomic E-state index is 13.4. The molecule has 6 heteroatoms. The molecule has 0 spiro atoms. The van der Waals surface area contributed by atoms with Gasteiger partial charge in [-0.25, -0.2) is 13.8 Å². The van der Waals surface area contributed by atoms with Crippen molar-refractivity contribution in [2.45, 2.75) is 6.10 Å². The Bertz CT molecular complexity index is 433. The molecule has 0 N–H and O–H groups in total. The second-order valence-corrected chi connectivity index (χ2v) is 3.39. The van der Waals surface area contributed by atoms with E-state index in [1.807, 2.05) is 6.07 Å². The van der Waals surface area contributed by atoms with Crippen LogP contribution in [-0.2, 0) is 4.74 Å². The van der Waals surface area contributed by atoms with Crippen molar-refractivity contribution >= 4 is 5.82 Å². The number of hydrogen-bond donors (Lipinski definition) is 0. The Morgan fingerprint density at radius 2 is 2.38 bits per heavy atom. The fourth-order valence-electron chi connectivity index (χ4n) is 1.56. The van der Waals surface area contributed by atoms with Gasteiger partial charge in [0, 0.05) is 12.6 Å². The number of anilines is 1. The van der Waals surface area contributed by atoms with E-state index in [4.69, 9.17) is 10.00 Å². The van der Waals surface area contributed by atoms with E-state index in [9.17, 15) is 8.78 Å². The second-order valence-electron chi connectivity index (χ2n) is 3.39. The number of aromatic nitrogens is 1. The van der Waals surface area contributed by atoms with Gasteiger partial charge >= 0.3 is 0 Å². The summed E-state index contributed by atoms with van der Waals surface area (Å²) < 4.78 is 31.2. The van der Waals surface area contributed by atoms with Crippen LogP contribution in [0.15, 0.2) is 12.3 Å². The maximum atomic E-state index is 13.4. The molecule has 1 saturated heterocycles. The summed E-state index contributed by atoms with van der Waals surface area (Å²) in [4.78, 5) is 5.26. The molecule has 1 atom stereocenters. The number of nitrogens with zero attached hydrogens (tertiary/aromatic N) is 3. The van der Waals surface area contributed by atoms with Crippen molar-refractivity contribution in [2.24, 2.45) is 0 Å². The summed E-state index contributed by atoms with van der Waals surface area (Å²) in [5.74, 6) is -1.38. The quantitative estimate of drug-likeness (QED) is 0.717. The summed E-state index contributed by atoms with van der Waals surface area (Å²) in [7, 11) is 0. The summed E-state index contributed by atoms with van der Waals surface area (Å²) in [5, 5.41) is 8.69. The normalized spacial score (nSPS) is 20.6. The van der Waals surface area contributed by atoms with Crippen LogP contribution in [0.4, 0.5) is 14.6 Å². The minimum atomic E-state index is -0.724. The van der Waals surface area contributed by atoms with Gasteiger partial charge in [-0.1, -0.05) is 0 Å². The monoisotopic (exact) mass is 225 g/mol. The van der Waals surface area contributed by atoms with Crippen molar-refractivity contribution < 1.29 is 13.5 Å². The molecular formula is C10H9F2N3O. The number of morpholine rings is 1. The summed E-state index contributed by atoms with van der Waals surface area (Å²) >= 11 is 0. The third-order valence-electron chi connectivity index (χ3n) is 2.30. The van der Waals surface area contributed by atoms with Crippen molar-refractivity contribution in [2.75, 3.05) is 24.6 Å². The molecule has 2 rings (SSSR count). The average molecular weight is 225 g/mol. The molecule has 4 nitrogen and oxygen atoms in total. The lowest BCUT2D eigenvalue weighted by atomic mass is 10.3. The van der Waals surface area contributed by atoms with Crippen LogP contribution in [0.2, 0.25) is 0 Å². The Labute approximate surface area is 91.1 Å². The smallest absolute Gasteiger partial charge is 0.168 e. The van der Waals surface area contributed by atoms with Gasteiger partial charge in [-0.15, -0.1) is 0 Å². The number of hydrogen-bond acceptors (Lipinski definition) is 4. The van der Waals surface area contributed by atoms with Gasteiger partial charge in [0.2, 0.25) is 0 Å². The Hall–Kier alpha value is -1.74. The van der Waals surface area contributed by atoms with Gasteiger partial charge in [0.05, 0.1) is 25.4 Å². The van der Waals surface area contributed by atoms with Crippen molar-refractivity contribution in [3.63, 3.8) is 0 Å². The van der Waals surface area contributed by atoms with Crippen LogP contribution in [0.5, 0.6) is 0 Å². The van der Waals surface area contributed by atoms with Crippen molar-refractivity contribution in [1.82, 2.24) is 4.98 Å². The molecule has 1 unspecified atom stereocenters. The first-order valence-corrected chi connectivity index (χ1v) is 4.78. The second kappa shape index (κ2) is 4.41. The highest BCUT2D eigenvalue weighted by molar-refractivity contribution is 5.40. The highest BCUT2D eigenvalue weighted by Gasteiger charge is 2.23. The Kier molecular flexibility index (Phi) is 2.97. The van der Waals surface area contributed by atoms with E-state index in [0.29, 0.717) is 13.2 Å². The largest absolute Gasteiger partial charge is 0.360 e. The molecule has 0 saturated carbocycles. The van der Waals surface area contributed by atoms with Gasteiger partial charge in [-0.05, 0) is 0 Å². The molecule has 1 aliphatic heterocycles. The van der Waals surface area contributed by atoms with E-state index < -0.39 is 17.7 Å². The number of ether oxygens (including phenoxy) is 1. The zero-order chi connectivity index (χ0) is 11.5. The van der Waals surface area contributed by atoms with Crippen LogP contribution >= 0.6 is 0 Å². The molecule has 0 amide bonds. The van der Waals surface area contributed by atoms with E-state index in [1.165, 1.54) is 0 Å². The number of rotatable bonds is 1. The molecule has 0 bridgehead atoms.